The Morgan fingerprint density at radius 1 is 0.864 bits per heavy atom. The number of hydrogen-bond acceptors (Lipinski definition) is 3. The lowest BCUT2D eigenvalue weighted by Gasteiger charge is -2.11. The second-order valence-corrected chi connectivity index (χ2v) is 5.38. The maximum absolute atomic E-state index is 5.98. The summed E-state index contributed by atoms with van der Waals surface area (Å²) in [7, 11) is 0. The zero-order valence-electron chi connectivity index (χ0n) is 12.4. The van der Waals surface area contributed by atoms with Crippen molar-refractivity contribution in [1.82, 2.24) is 0 Å². The van der Waals surface area contributed by atoms with Crippen molar-refractivity contribution in [3.8, 4) is 5.75 Å². The van der Waals surface area contributed by atoms with Crippen LogP contribution in [-0.2, 0) is 6.61 Å². The maximum atomic E-state index is 5.98. The van der Waals surface area contributed by atoms with Crippen molar-refractivity contribution in [2.24, 2.45) is 11.5 Å². The Bertz CT molecular complexity index is 756. The van der Waals surface area contributed by atoms with Crippen molar-refractivity contribution < 1.29 is 4.74 Å². The molecule has 0 aromatic heterocycles. The van der Waals surface area contributed by atoms with Gasteiger partial charge in [0.1, 0.15) is 12.4 Å². The molecule has 0 amide bonds. The standard InChI is InChI=1S/C19H20N2O/c20-12-19(21)17-7-6-16-11-18(9-8-15(16)10-17)22-13-14-4-2-1-3-5-14/h1-11,19H,12-13,20-21H2. The fraction of sp³-hybridized carbons (Fsp3) is 0.158. The molecule has 3 heteroatoms. The van der Waals surface area contributed by atoms with Gasteiger partial charge in [-0.1, -0.05) is 48.5 Å². The van der Waals surface area contributed by atoms with E-state index in [1.807, 2.05) is 30.3 Å². The maximum Gasteiger partial charge on any atom is 0.120 e. The van der Waals surface area contributed by atoms with Gasteiger partial charge in [0.05, 0.1) is 0 Å². The van der Waals surface area contributed by atoms with E-state index in [0.717, 1.165) is 27.6 Å². The Labute approximate surface area is 130 Å². The van der Waals surface area contributed by atoms with E-state index in [0.29, 0.717) is 13.2 Å². The predicted molar refractivity (Wildman–Crippen MR) is 90.7 cm³/mol. The minimum atomic E-state index is -0.113. The number of hydrogen-bond donors (Lipinski definition) is 2. The highest BCUT2D eigenvalue weighted by Gasteiger charge is 2.05. The van der Waals surface area contributed by atoms with E-state index < -0.39 is 0 Å². The molecule has 0 fully saturated rings. The number of benzene rings is 3. The van der Waals surface area contributed by atoms with Gasteiger partial charge in [0.25, 0.3) is 0 Å². The molecule has 1 atom stereocenters. The topological polar surface area (TPSA) is 61.3 Å². The Kier molecular flexibility index (Phi) is 4.37. The molecule has 3 nitrogen and oxygen atoms in total. The normalized spacial score (nSPS) is 12.3. The van der Waals surface area contributed by atoms with E-state index in [9.17, 15) is 0 Å². The van der Waals surface area contributed by atoms with Crippen LogP contribution in [0, 0.1) is 0 Å². The first kappa shape index (κ1) is 14.6. The molecule has 0 radical (unpaired) electrons. The third-order valence-electron chi connectivity index (χ3n) is 3.77. The Balaban J connectivity index is 1.78. The van der Waals surface area contributed by atoms with Gasteiger partial charge in [0.15, 0.2) is 0 Å². The van der Waals surface area contributed by atoms with Crippen LogP contribution >= 0.6 is 0 Å². The number of fused-ring (bicyclic) bond motifs is 1. The van der Waals surface area contributed by atoms with E-state index in [4.69, 9.17) is 16.2 Å². The fourth-order valence-corrected chi connectivity index (χ4v) is 2.44. The van der Waals surface area contributed by atoms with Gasteiger partial charge >= 0.3 is 0 Å². The van der Waals surface area contributed by atoms with Crippen molar-refractivity contribution in [2.45, 2.75) is 12.6 Å². The van der Waals surface area contributed by atoms with Crippen molar-refractivity contribution in [3.63, 3.8) is 0 Å². The Hall–Kier alpha value is -2.36. The lowest BCUT2D eigenvalue weighted by atomic mass is 10.0. The van der Waals surface area contributed by atoms with Crippen molar-refractivity contribution in [3.05, 3.63) is 77.9 Å². The molecular weight excluding hydrogens is 272 g/mol. The van der Waals surface area contributed by atoms with E-state index in [1.165, 1.54) is 0 Å². The first-order valence-corrected chi connectivity index (χ1v) is 7.42. The fourth-order valence-electron chi connectivity index (χ4n) is 2.44. The molecule has 3 aromatic carbocycles. The third-order valence-corrected chi connectivity index (χ3v) is 3.77. The van der Waals surface area contributed by atoms with Crippen LogP contribution in [0.4, 0.5) is 0 Å². The summed E-state index contributed by atoms with van der Waals surface area (Å²) in [6.45, 7) is 1.02. The zero-order chi connectivity index (χ0) is 15.4. The highest BCUT2D eigenvalue weighted by atomic mass is 16.5. The predicted octanol–water partition coefficient (Wildman–Crippen LogP) is 3.38. The number of nitrogens with two attached hydrogens (primary N) is 2. The van der Waals surface area contributed by atoms with Gasteiger partial charge in [0, 0.05) is 12.6 Å². The second kappa shape index (κ2) is 6.60. The molecule has 22 heavy (non-hydrogen) atoms. The van der Waals surface area contributed by atoms with E-state index in [2.05, 4.69) is 36.4 Å². The van der Waals surface area contributed by atoms with Gasteiger partial charge in [-0.2, -0.15) is 0 Å². The summed E-state index contributed by atoms with van der Waals surface area (Å²) >= 11 is 0. The van der Waals surface area contributed by atoms with Gasteiger partial charge in [-0.3, -0.25) is 0 Å². The molecule has 0 aliphatic heterocycles. The summed E-state index contributed by atoms with van der Waals surface area (Å²) < 4.78 is 5.85. The summed E-state index contributed by atoms with van der Waals surface area (Å²) in [5.74, 6) is 0.868. The lowest BCUT2D eigenvalue weighted by molar-refractivity contribution is 0.306. The number of rotatable bonds is 5. The van der Waals surface area contributed by atoms with Gasteiger partial charge < -0.3 is 16.2 Å². The summed E-state index contributed by atoms with van der Waals surface area (Å²) in [6.07, 6.45) is 0. The average molecular weight is 292 g/mol. The van der Waals surface area contributed by atoms with Crippen molar-refractivity contribution in [2.75, 3.05) is 6.54 Å². The minimum Gasteiger partial charge on any atom is -0.489 e. The molecule has 0 aliphatic carbocycles. The molecule has 0 heterocycles. The summed E-state index contributed by atoms with van der Waals surface area (Å²) in [5.41, 5.74) is 13.8. The smallest absolute Gasteiger partial charge is 0.120 e. The Morgan fingerprint density at radius 2 is 1.59 bits per heavy atom. The van der Waals surface area contributed by atoms with Crippen LogP contribution < -0.4 is 16.2 Å². The highest BCUT2D eigenvalue weighted by molar-refractivity contribution is 5.84. The van der Waals surface area contributed by atoms with Crippen LogP contribution in [0.2, 0.25) is 0 Å². The molecule has 1 unspecified atom stereocenters. The molecule has 4 N–H and O–H groups in total. The summed E-state index contributed by atoms with van der Waals surface area (Å²) in [5, 5.41) is 2.28. The summed E-state index contributed by atoms with van der Waals surface area (Å²) in [4.78, 5) is 0. The molecule has 0 bridgehead atoms. The summed E-state index contributed by atoms with van der Waals surface area (Å²) in [6, 6.07) is 22.3. The first-order chi connectivity index (χ1) is 10.8. The molecule has 0 saturated heterocycles. The monoisotopic (exact) mass is 292 g/mol. The van der Waals surface area contributed by atoms with Gasteiger partial charge in [-0.15, -0.1) is 0 Å². The lowest BCUT2D eigenvalue weighted by Crippen LogP contribution is -2.20. The van der Waals surface area contributed by atoms with Crippen LogP contribution in [-0.4, -0.2) is 6.54 Å². The van der Waals surface area contributed by atoms with Crippen LogP contribution in [0.25, 0.3) is 10.8 Å². The minimum absolute atomic E-state index is 0.113. The first-order valence-electron chi connectivity index (χ1n) is 7.42. The van der Waals surface area contributed by atoms with Gasteiger partial charge in [0.2, 0.25) is 0 Å². The third kappa shape index (κ3) is 3.27. The van der Waals surface area contributed by atoms with Crippen LogP contribution in [0.3, 0.4) is 0 Å². The molecule has 112 valence electrons. The zero-order valence-corrected chi connectivity index (χ0v) is 12.4. The van der Waals surface area contributed by atoms with Gasteiger partial charge in [-0.25, -0.2) is 0 Å². The SMILES string of the molecule is NCC(N)c1ccc2cc(OCc3ccccc3)ccc2c1. The van der Waals surface area contributed by atoms with Crippen LogP contribution in [0.5, 0.6) is 5.75 Å². The highest BCUT2D eigenvalue weighted by Crippen LogP contribution is 2.24. The molecule has 3 aromatic rings. The number of ether oxygens (including phenoxy) is 1. The van der Waals surface area contributed by atoms with E-state index in [1.54, 1.807) is 0 Å². The van der Waals surface area contributed by atoms with Crippen molar-refractivity contribution in [1.29, 1.82) is 0 Å². The van der Waals surface area contributed by atoms with E-state index in [-0.39, 0.29) is 6.04 Å². The molecule has 3 rings (SSSR count). The largest absolute Gasteiger partial charge is 0.489 e. The Morgan fingerprint density at radius 3 is 2.36 bits per heavy atom. The van der Waals surface area contributed by atoms with E-state index >= 15 is 0 Å². The average Bonchev–Trinajstić information content (AvgIpc) is 2.59. The molecule has 0 aliphatic rings. The quantitative estimate of drug-likeness (QED) is 0.758. The molecule has 0 spiro atoms. The van der Waals surface area contributed by atoms with Crippen LogP contribution in [0.15, 0.2) is 66.7 Å². The van der Waals surface area contributed by atoms with Gasteiger partial charge in [-0.05, 0) is 40.1 Å². The molecular formula is C19H20N2O. The van der Waals surface area contributed by atoms with Crippen molar-refractivity contribution >= 4 is 10.8 Å². The second-order valence-electron chi connectivity index (χ2n) is 5.38. The van der Waals surface area contributed by atoms with Crippen LogP contribution in [0.1, 0.15) is 17.2 Å². The molecule has 0 saturated carbocycles.